The quantitative estimate of drug-likeness (QED) is 0.411. The Morgan fingerprint density at radius 2 is 1.80 bits per heavy atom. The molecular formula is C21H16F4N4O. The molecule has 30 heavy (non-hydrogen) atoms. The van der Waals surface area contributed by atoms with Gasteiger partial charge in [0.05, 0.1) is 6.20 Å². The molecule has 0 radical (unpaired) electrons. The Bertz CT molecular complexity index is 1180. The van der Waals surface area contributed by atoms with Crippen molar-refractivity contribution in [3.63, 3.8) is 0 Å². The number of benzene rings is 2. The molecule has 0 atom stereocenters. The zero-order valence-electron chi connectivity index (χ0n) is 15.7. The Morgan fingerprint density at radius 1 is 1.07 bits per heavy atom. The number of ether oxygens (including phenoxy) is 1. The van der Waals surface area contributed by atoms with Crippen molar-refractivity contribution in [2.24, 2.45) is 0 Å². The van der Waals surface area contributed by atoms with Crippen LogP contribution in [-0.2, 0) is 0 Å². The molecule has 2 heterocycles. The van der Waals surface area contributed by atoms with Gasteiger partial charge in [-0.3, -0.25) is 9.38 Å². The maximum absolute atomic E-state index is 13.1. The molecule has 0 unspecified atom stereocenters. The average molecular weight is 416 g/mol. The van der Waals surface area contributed by atoms with Crippen molar-refractivity contribution in [1.82, 2.24) is 14.4 Å². The Morgan fingerprint density at radius 3 is 2.50 bits per heavy atom. The minimum absolute atomic E-state index is 0.372. The number of hydrogen-bond acceptors (Lipinski definition) is 4. The molecule has 4 aromatic rings. The minimum atomic E-state index is -4.56. The lowest BCUT2D eigenvalue weighted by Gasteiger charge is -2.17. The van der Waals surface area contributed by atoms with Crippen LogP contribution in [0.3, 0.4) is 0 Å². The van der Waals surface area contributed by atoms with Gasteiger partial charge < -0.3 is 10.1 Å². The monoisotopic (exact) mass is 416 g/mol. The fraction of sp³-hybridized carbons (Fsp3) is 0.143. The zero-order valence-corrected chi connectivity index (χ0v) is 15.7. The van der Waals surface area contributed by atoms with Gasteiger partial charge >= 0.3 is 12.5 Å². The van der Waals surface area contributed by atoms with Gasteiger partial charge in [-0.1, -0.05) is 18.2 Å². The highest BCUT2D eigenvalue weighted by Crippen LogP contribution is 2.34. The molecule has 0 saturated carbocycles. The summed E-state index contributed by atoms with van der Waals surface area (Å²) in [5, 5.41) is 3.35. The average Bonchev–Trinajstić information content (AvgIpc) is 3.08. The van der Waals surface area contributed by atoms with Crippen LogP contribution in [0.1, 0.15) is 5.56 Å². The van der Waals surface area contributed by atoms with Crippen molar-refractivity contribution in [3.8, 4) is 17.0 Å². The third kappa shape index (κ3) is 3.78. The van der Waals surface area contributed by atoms with Gasteiger partial charge in [-0.05, 0) is 42.8 Å². The predicted molar refractivity (Wildman–Crippen MR) is 104 cm³/mol. The molecule has 0 saturated heterocycles. The second kappa shape index (κ2) is 7.66. The highest BCUT2D eigenvalue weighted by atomic mass is 19.3. The highest BCUT2D eigenvalue weighted by molar-refractivity contribution is 5.80. The number of alkyl halides is 4. The van der Waals surface area contributed by atoms with Crippen LogP contribution in [0.5, 0.6) is 5.75 Å². The van der Waals surface area contributed by atoms with E-state index in [1.54, 1.807) is 18.6 Å². The lowest BCUT2D eigenvalue weighted by Crippen LogP contribution is -2.33. The number of nitrogens with zero attached hydrogens (tertiary/aromatic N) is 3. The molecule has 1 N–H and O–H groups in total. The Kier molecular flexibility index (Phi) is 5.03. The van der Waals surface area contributed by atoms with E-state index in [1.807, 2.05) is 35.6 Å². The highest BCUT2D eigenvalue weighted by Gasteiger charge is 2.43. The molecule has 0 spiro atoms. The van der Waals surface area contributed by atoms with Gasteiger partial charge in [-0.25, -0.2) is 4.98 Å². The molecule has 0 amide bonds. The van der Waals surface area contributed by atoms with E-state index in [9.17, 15) is 17.6 Å². The first kappa shape index (κ1) is 19.7. The first-order chi connectivity index (χ1) is 14.3. The van der Waals surface area contributed by atoms with Crippen LogP contribution < -0.4 is 10.1 Å². The predicted octanol–water partition coefficient (Wildman–Crippen LogP) is 5.69. The van der Waals surface area contributed by atoms with Crippen LogP contribution >= 0.6 is 0 Å². The smallest absolute Gasteiger partial charge is 0.428 e. The molecule has 154 valence electrons. The van der Waals surface area contributed by atoms with Gasteiger partial charge in [0.2, 0.25) is 0 Å². The lowest BCUT2D eigenvalue weighted by atomic mass is 10.1. The Labute approximate surface area is 169 Å². The van der Waals surface area contributed by atoms with Crippen molar-refractivity contribution in [1.29, 1.82) is 0 Å². The van der Waals surface area contributed by atoms with E-state index < -0.39 is 12.5 Å². The summed E-state index contributed by atoms with van der Waals surface area (Å²) < 4.78 is 56.9. The molecule has 0 aliphatic carbocycles. The summed E-state index contributed by atoms with van der Waals surface area (Å²) >= 11 is 0. The summed E-state index contributed by atoms with van der Waals surface area (Å²) in [4.78, 5) is 8.64. The second-order valence-corrected chi connectivity index (χ2v) is 6.54. The topological polar surface area (TPSA) is 51.5 Å². The molecule has 0 fully saturated rings. The van der Waals surface area contributed by atoms with Gasteiger partial charge in [0, 0.05) is 23.6 Å². The largest absolute Gasteiger partial charge is 0.461 e. The molecule has 0 aliphatic rings. The summed E-state index contributed by atoms with van der Waals surface area (Å²) in [7, 11) is 0. The van der Waals surface area contributed by atoms with Crippen molar-refractivity contribution < 1.29 is 22.3 Å². The lowest BCUT2D eigenvalue weighted by molar-refractivity contribution is -0.253. The molecule has 0 aliphatic heterocycles. The van der Waals surface area contributed by atoms with Crippen molar-refractivity contribution in [2.45, 2.75) is 19.5 Å². The van der Waals surface area contributed by atoms with Crippen LogP contribution in [0.2, 0.25) is 0 Å². The number of anilines is 2. The molecular weight excluding hydrogens is 400 g/mol. The maximum Gasteiger partial charge on any atom is 0.461 e. The number of fused-ring (bicyclic) bond motifs is 1. The maximum atomic E-state index is 13.1. The van der Waals surface area contributed by atoms with Crippen LogP contribution in [0.15, 0.2) is 67.1 Å². The van der Waals surface area contributed by atoms with E-state index in [1.165, 1.54) is 24.3 Å². The number of para-hydroxylation sites is 1. The summed E-state index contributed by atoms with van der Waals surface area (Å²) in [6.45, 7) is 1.96. The van der Waals surface area contributed by atoms with Crippen LogP contribution in [-0.4, -0.2) is 26.9 Å². The second-order valence-electron chi connectivity index (χ2n) is 6.54. The zero-order chi connectivity index (χ0) is 21.3. The molecule has 5 nitrogen and oxygen atoms in total. The van der Waals surface area contributed by atoms with E-state index in [0.717, 1.165) is 11.3 Å². The number of imidazole rings is 1. The van der Waals surface area contributed by atoms with Crippen LogP contribution in [0.25, 0.3) is 16.9 Å². The van der Waals surface area contributed by atoms with Gasteiger partial charge in [0.25, 0.3) is 0 Å². The van der Waals surface area contributed by atoms with Crippen molar-refractivity contribution in [3.05, 3.63) is 72.7 Å². The number of aromatic nitrogens is 3. The summed E-state index contributed by atoms with van der Waals surface area (Å²) in [5.41, 5.74) is 3.59. The normalized spacial score (nSPS) is 11.8. The SMILES string of the molecule is Cc1ccccc1Nc1c(-c2ccc(OC(F)(F)C(F)F)cc2)nc2cnccn12. The van der Waals surface area contributed by atoms with Crippen LogP contribution in [0.4, 0.5) is 29.1 Å². The number of nitrogens with one attached hydrogen (secondary N) is 1. The fourth-order valence-corrected chi connectivity index (χ4v) is 2.95. The molecule has 4 rings (SSSR count). The number of aryl methyl sites for hydroxylation is 1. The summed E-state index contributed by atoms with van der Waals surface area (Å²) in [6, 6.07) is 13.1. The molecule has 2 aromatic heterocycles. The van der Waals surface area contributed by atoms with Gasteiger partial charge in [0.1, 0.15) is 17.3 Å². The van der Waals surface area contributed by atoms with E-state index in [0.29, 0.717) is 22.7 Å². The van der Waals surface area contributed by atoms with Crippen molar-refractivity contribution >= 4 is 17.2 Å². The third-order valence-corrected chi connectivity index (χ3v) is 4.46. The minimum Gasteiger partial charge on any atom is -0.428 e. The molecule has 9 heteroatoms. The van der Waals surface area contributed by atoms with Gasteiger partial charge in [-0.15, -0.1) is 0 Å². The van der Waals surface area contributed by atoms with Crippen LogP contribution in [0, 0.1) is 6.92 Å². The number of rotatable bonds is 6. The standard InChI is InChI=1S/C21H16F4N4O/c1-13-4-2-3-5-16(13)27-19-18(28-17-12-26-10-11-29(17)19)14-6-8-15(9-7-14)30-21(24,25)20(22)23/h2-12,20,27H,1H3. The van der Waals surface area contributed by atoms with E-state index >= 15 is 0 Å². The number of halogens is 4. The van der Waals surface area contributed by atoms with Gasteiger partial charge in [-0.2, -0.15) is 17.6 Å². The summed E-state index contributed by atoms with van der Waals surface area (Å²) in [5.74, 6) is 0.274. The Hall–Kier alpha value is -3.62. The van der Waals surface area contributed by atoms with E-state index in [2.05, 4.69) is 20.0 Å². The van der Waals surface area contributed by atoms with E-state index in [4.69, 9.17) is 0 Å². The third-order valence-electron chi connectivity index (χ3n) is 4.46. The van der Waals surface area contributed by atoms with Crippen molar-refractivity contribution in [2.75, 3.05) is 5.32 Å². The summed E-state index contributed by atoms with van der Waals surface area (Å²) in [6.07, 6.45) is -3.54. The van der Waals surface area contributed by atoms with E-state index in [-0.39, 0.29) is 5.75 Å². The Balaban J connectivity index is 1.73. The first-order valence-corrected chi connectivity index (χ1v) is 8.95. The fourth-order valence-electron chi connectivity index (χ4n) is 2.95. The molecule has 2 aromatic carbocycles. The van der Waals surface area contributed by atoms with Gasteiger partial charge in [0.15, 0.2) is 5.65 Å². The molecule has 0 bridgehead atoms. The first-order valence-electron chi connectivity index (χ1n) is 8.95. The number of hydrogen-bond donors (Lipinski definition) is 1.